The first-order chi connectivity index (χ1) is 14.9. The Morgan fingerprint density at radius 2 is 1.77 bits per heavy atom. The van der Waals surface area contributed by atoms with Crippen LogP contribution in [0.25, 0.3) is 11.2 Å². The number of halogens is 1. The lowest BCUT2D eigenvalue weighted by Crippen LogP contribution is -2.38. The van der Waals surface area contributed by atoms with Crippen LogP contribution >= 0.6 is 11.6 Å². The molecule has 5 rings (SSSR count). The standard InChI is InChI=1S/C22H19ClN6O2/c1-26-19-18(20(30)27(2)22(26)31)28-13-17(15-8-4-3-5-9-15)25-29(21(28)24-19)12-14-7-6-10-16(23)11-14/h3-11H,12-13H2,1-2H3. The molecule has 8 nitrogen and oxygen atoms in total. The summed E-state index contributed by atoms with van der Waals surface area (Å²) < 4.78 is 4.32. The van der Waals surface area contributed by atoms with Crippen LogP contribution in [0.15, 0.2) is 69.3 Å². The summed E-state index contributed by atoms with van der Waals surface area (Å²) in [7, 11) is 3.09. The number of aryl methyl sites for hydroxylation is 1. The number of hydrazone groups is 1. The molecular formula is C22H19ClN6O2. The van der Waals surface area contributed by atoms with E-state index in [9.17, 15) is 9.59 Å². The van der Waals surface area contributed by atoms with E-state index in [1.165, 1.54) is 11.6 Å². The zero-order chi connectivity index (χ0) is 21.7. The molecule has 3 heterocycles. The van der Waals surface area contributed by atoms with Gasteiger partial charge in [0.2, 0.25) is 5.95 Å². The third kappa shape index (κ3) is 3.16. The highest BCUT2D eigenvalue weighted by molar-refractivity contribution is 6.30. The minimum atomic E-state index is -0.418. The van der Waals surface area contributed by atoms with Gasteiger partial charge in [-0.15, -0.1) is 0 Å². The fourth-order valence-corrected chi connectivity index (χ4v) is 4.06. The number of anilines is 1. The van der Waals surface area contributed by atoms with Gasteiger partial charge in [0.15, 0.2) is 11.2 Å². The summed E-state index contributed by atoms with van der Waals surface area (Å²) in [5, 5.41) is 7.23. The van der Waals surface area contributed by atoms with Crippen molar-refractivity contribution in [3.8, 4) is 0 Å². The monoisotopic (exact) mass is 434 g/mol. The summed E-state index contributed by atoms with van der Waals surface area (Å²) in [6, 6.07) is 17.3. The molecule has 2 aromatic carbocycles. The predicted octanol–water partition coefficient (Wildman–Crippen LogP) is 2.51. The molecule has 0 atom stereocenters. The van der Waals surface area contributed by atoms with Gasteiger partial charge in [-0.3, -0.25) is 18.5 Å². The maximum absolute atomic E-state index is 13.0. The van der Waals surface area contributed by atoms with Crippen molar-refractivity contribution in [1.82, 2.24) is 18.7 Å². The lowest BCUT2D eigenvalue weighted by molar-refractivity contribution is 0.699. The Balaban J connectivity index is 1.74. The molecule has 0 aliphatic carbocycles. The van der Waals surface area contributed by atoms with Crippen LogP contribution < -0.4 is 16.3 Å². The summed E-state index contributed by atoms with van der Waals surface area (Å²) >= 11 is 6.17. The molecule has 0 radical (unpaired) electrons. The number of benzene rings is 2. The van der Waals surface area contributed by atoms with Gasteiger partial charge in [0.05, 0.1) is 18.8 Å². The highest BCUT2D eigenvalue weighted by Crippen LogP contribution is 2.27. The first-order valence-electron chi connectivity index (χ1n) is 9.75. The Morgan fingerprint density at radius 1 is 1.00 bits per heavy atom. The van der Waals surface area contributed by atoms with Crippen molar-refractivity contribution in [3.05, 3.63) is 91.6 Å². The summed E-state index contributed by atoms with van der Waals surface area (Å²) in [6.45, 7) is 0.782. The molecule has 0 N–H and O–H groups in total. The third-order valence-corrected chi connectivity index (χ3v) is 5.67. The lowest BCUT2D eigenvalue weighted by atomic mass is 10.1. The molecule has 0 unspecified atom stereocenters. The number of hydrogen-bond acceptors (Lipinski definition) is 5. The maximum Gasteiger partial charge on any atom is 0.332 e. The first kappa shape index (κ1) is 19.3. The second-order valence-electron chi connectivity index (χ2n) is 7.48. The van der Waals surface area contributed by atoms with Gasteiger partial charge in [0, 0.05) is 19.1 Å². The van der Waals surface area contributed by atoms with Crippen molar-refractivity contribution >= 4 is 34.4 Å². The van der Waals surface area contributed by atoms with Crippen molar-refractivity contribution < 1.29 is 0 Å². The predicted molar refractivity (Wildman–Crippen MR) is 121 cm³/mol. The molecule has 2 aromatic heterocycles. The number of rotatable bonds is 3. The van der Waals surface area contributed by atoms with Crippen LogP contribution in [-0.4, -0.2) is 24.4 Å². The normalized spacial score (nSPS) is 13.4. The van der Waals surface area contributed by atoms with Gasteiger partial charge in [-0.1, -0.05) is 54.1 Å². The van der Waals surface area contributed by atoms with Gasteiger partial charge in [-0.2, -0.15) is 10.1 Å². The fourth-order valence-electron chi connectivity index (χ4n) is 3.85. The van der Waals surface area contributed by atoms with Gasteiger partial charge in [-0.05, 0) is 23.3 Å². The van der Waals surface area contributed by atoms with Gasteiger partial charge in [0.25, 0.3) is 5.56 Å². The Kier molecular flexibility index (Phi) is 4.51. The Hall–Kier alpha value is -3.65. The lowest BCUT2D eigenvalue weighted by Gasteiger charge is -2.26. The van der Waals surface area contributed by atoms with Crippen LogP contribution in [0, 0.1) is 0 Å². The van der Waals surface area contributed by atoms with Crippen LogP contribution in [0.3, 0.4) is 0 Å². The topological polar surface area (TPSA) is 77.4 Å². The van der Waals surface area contributed by atoms with Gasteiger partial charge in [0.1, 0.15) is 0 Å². The Labute approximate surface area is 182 Å². The van der Waals surface area contributed by atoms with Gasteiger partial charge in [-0.25, -0.2) is 9.80 Å². The molecule has 0 saturated carbocycles. The van der Waals surface area contributed by atoms with Crippen LogP contribution in [0.5, 0.6) is 0 Å². The minimum absolute atomic E-state index is 0.337. The molecule has 31 heavy (non-hydrogen) atoms. The second kappa shape index (κ2) is 7.24. The van der Waals surface area contributed by atoms with E-state index in [4.69, 9.17) is 16.7 Å². The third-order valence-electron chi connectivity index (χ3n) is 5.44. The summed E-state index contributed by atoms with van der Waals surface area (Å²) in [5.74, 6) is 0.507. The highest BCUT2D eigenvalue weighted by Gasteiger charge is 2.27. The molecule has 0 saturated heterocycles. The smallest absolute Gasteiger partial charge is 0.297 e. The maximum atomic E-state index is 13.0. The van der Waals surface area contributed by atoms with Crippen LogP contribution in [0.4, 0.5) is 5.95 Å². The van der Waals surface area contributed by atoms with Crippen LogP contribution in [0.1, 0.15) is 11.1 Å². The SMILES string of the molecule is Cn1c(=O)c2c(nc3n2CC(c2ccccc2)=NN3Cc2cccc(Cl)c2)n(C)c1=O. The number of hydrogen-bond donors (Lipinski definition) is 0. The average Bonchev–Trinajstić information content (AvgIpc) is 3.17. The van der Waals surface area contributed by atoms with E-state index in [1.54, 1.807) is 12.1 Å². The van der Waals surface area contributed by atoms with E-state index in [0.29, 0.717) is 35.2 Å². The van der Waals surface area contributed by atoms with E-state index < -0.39 is 5.69 Å². The summed E-state index contributed by atoms with van der Waals surface area (Å²) in [5.41, 5.74) is 2.61. The molecule has 0 bridgehead atoms. The zero-order valence-electron chi connectivity index (χ0n) is 17.0. The Morgan fingerprint density at radius 3 is 2.52 bits per heavy atom. The van der Waals surface area contributed by atoms with Crippen molar-refractivity contribution in [3.63, 3.8) is 0 Å². The van der Waals surface area contributed by atoms with E-state index in [-0.39, 0.29) is 5.56 Å². The summed E-state index contributed by atoms with van der Waals surface area (Å²) in [6.07, 6.45) is 0. The Bertz CT molecular complexity index is 1470. The van der Waals surface area contributed by atoms with Crippen molar-refractivity contribution in [2.24, 2.45) is 19.2 Å². The molecule has 0 amide bonds. The molecule has 1 aliphatic rings. The van der Waals surface area contributed by atoms with Gasteiger partial charge >= 0.3 is 5.69 Å². The number of nitrogens with zero attached hydrogens (tertiary/aromatic N) is 6. The summed E-state index contributed by atoms with van der Waals surface area (Å²) in [4.78, 5) is 30.1. The number of imidazole rings is 1. The zero-order valence-corrected chi connectivity index (χ0v) is 17.7. The molecule has 156 valence electrons. The number of aromatic nitrogens is 4. The van der Waals surface area contributed by atoms with Gasteiger partial charge < -0.3 is 0 Å². The molecular weight excluding hydrogens is 416 g/mol. The van der Waals surface area contributed by atoms with E-state index in [1.807, 2.05) is 59.2 Å². The number of fused-ring (bicyclic) bond motifs is 3. The van der Waals surface area contributed by atoms with Crippen LogP contribution in [0.2, 0.25) is 5.02 Å². The fraction of sp³-hybridized carbons (Fsp3) is 0.182. The minimum Gasteiger partial charge on any atom is -0.297 e. The molecule has 9 heteroatoms. The average molecular weight is 435 g/mol. The van der Waals surface area contributed by atoms with Crippen molar-refractivity contribution in [1.29, 1.82) is 0 Å². The largest absolute Gasteiger partial charge is 0.332 e. The first-order valence-corrected chi connectivity index (χ1v) is 10.1. The molecule has 0 fully saturated rings. The van der Waals surface area contributed by atoms with E-state index in [0.717, 1.165) is 21.4 Å². The molecule has 1 aliphatic heterocycles. The van der Waals surface area contributed by atoms with Crippen LogP contribution in [-0.2, 0) is 27.2 Å². The van der Waals surface area contributed by atoms with Crippen molar-refractivity contribution in [2.45, 2.75) is 13.1 Å². The van der Waals surface area contributed by atoms with Crippen molar-refractivity contribution in [2.75, 3.05) is 5.01 Å². The van der Waals surface area contributed by atoms with E-state index in [2.05, 4.69) is 4.98 Å². The molecule has 4 aromatic rings. The second-order valence-corrected chi connectivity index (χ2v) is 7.91. The van der Waals surface area contributed by atoms with E-state index >= 15 is 0 Å². The molecule has 0 spiro atoms. The quantitative estimate of drug-likeness (QED) is 0.496. The highest BCUT2D eigenvalue weighted by atomic mass is 35.5.